The summed E-state index contributed by atoms with van der Waals surface area (Å²) < 4.78 is 9.80. The summed E-state index contributed by atoms with van der Waals surface area (Å²) >= 11 is 0. The molecule has 1 saturated carbocycles. The number of piperidine rings is 1. The van der Waals surface area contributed by atoms with Crippen LogP contribution in [0.5, 0.6) is 0 Å². The van der Waals surface area contributed by atoms with Crippen LogP contribution in [0, 0.1) is 22.0 Å². The molecule has 2 fully saturated rings. The summed E-state index contributed by atoms with van der Waals surface area (Å²) in [5.74, 6) is -2.22. The first-order valence-electron chi connectivity index (χ1n) is 7.68. The van der Waals surface area contributed by atoms with Crippen molar-refractivity contribution in [3.8, 4) is 0 Å². The number of carbonyl (C=O) groups is 3. The molecule has 1 aliphatic carbocycles. The fraction of sp³-hybridized carbons (Fsp3) is 0.786. The minimum Gasteiger partial charge on any atom is -0.466 e. The number of hydrogen-bond acceptors (Lipinski definition) is 7. The molecule has 0 radical (unpaired) electrons. The highest BCUT2D eigenvalue weighted by Gasteiger charge is 2.54. The van der Waals surface area contributed by atoms with Crippen LogP contribution in [0.3, 0.4) is 0 Å². The van der Waals surface area contributed by atoms with Crippen LogP contribution in [0.25, 0.3) is 0 Å². The van der Waals surface area contributed by atoms with E-state index in [1.807, 2.05) is 0 Å². The summed E-state index contributed by atoms with van der Waals surface area (Å²) in [5, 5.41) is 10.5. The number of nitrogens with zero attached hydrogens (tertiary/aromatic N) is 2. The van der Waals surface area contributed by atoms with E-state index in [1.165, 1.54) is 4.90 Å². The van der Waals surface area contributed by atoms with Crippen LogP contribution < -0.4 is 0 Å². The van der Waals surface area contributed by atoms with Gasteiger partial charge >= 0.3 is 11.9 Å². The van der Waals surface area contributed by atoms with E-state index in [2.05, 4.69) is 0 Å². The Kier molecular flexibility index (Phi) is 5.51. The second-order valence-electron chi connectivity index (χ2n) is 5.71. The van der Waals surface area contributed by atoms with Crippen LogP contribution in [0.1, 0.15) is 26.2 Å². The number of nitro groups is 1. The van der Waals surface area contributed by atoms with Gasteiger partial charge in [0, 0.05) is 24.4 Å². The maximum Gasteiger partial charge on any atom is 0.316 e. The van der Waals surface area contributed by atoms with Gasteiger partial charge in [-0.05, 0) is 19.8 Å². The van der Waals surface area contributed by atoms with Gasteiger partial charge in [-0.3, -0.25) is 24.5 Å². The third-order valence-electron chi connectivity index (χ3n) is 4.14. The number of carbonyl (C=O) groups excluding carboxylic acids is 3. The minimum absolute atomic E-state index is 0.172. The maximum atomic E-state index is 12.0. The normalized spacial score (nSPS) is 24.0. The van der Waals surface area contributed by atoms with E-state index in [1.54, 1.807) is 6.92 Å². The molecule has 2 atom stereocenters. The Hall–Kier alpha value is -2.19. The van der Waals surface area contributed by atoms with Crippen LogP contribution >= 0.6 is 0 Å². The van der Waals surface area contributed by atoms with Crippen molar-refractivity contribution in [1.82, 2.24) is 4.90 Å². The molecule has 0 aromatic carbocycles. The Morgan fingerprint density at radius 3 is 2.35 bits per heavy atom. The number of rotatable bonds is 6. The molecule has 9 heteroatoms. The topological polar surface area (TPSA) is 116 Å². The lowest BCUT2D eigenvalue weighted by Gasteiger charge is -2.30. The molecule has 128 valence electrons. The Morgan fingerprint density at radius 1 is 1.17 bits per heavy atom. The molecule has 9 nitrogen and oxygen atoms in total. The van der Waals surface area contributed by atoms with E-state index in [4.69, 9.17) is 9.47 Å². The average molecular weight is 328 g/mol. The summed E-state index contributed by atoms with van der Waals surface area (Å²) in [5.41, 5.74) is 0. The third kappa shape index (κ3) is 4.40. The molecule has 1 aliphatic heterocycles. The fourth-order valence-electron chi connectivity index (χ4n) is 2.62. The molecule has 23 heavy (non-hydrogen) atoms. The van der Waals surface area contributed by atoms with Crippen molar-refractivity contribution in [1.29, 1.82) is 0 Å². The van der Waals surface area contributed by atoms with Gasteiger partial charge in [0.05, 0.1) is 12.5 Å². The van der Waals surface area contributed by atoms with Gasteiger partial charge in [0.15, 0.2) is 6.61 Å². The van der Waals surface area contributed by atoms with Crippen molar-refractivity contribution in [2.45, 2.75) is 32.2 Å². The van der Waals surface area contributed by atoms with Crippen molar-refractivity contribution >= 4 is 17.8 Å². The number of amides is 1. The molecule has 0 N–H and O–H groups in total. The van der Waals surface area contributed by atoms with E-state index >= 15 is 0 Å². The highest BCUT2D eigenvalue weighted by molar-refractivity contribution is 5.83. The lowest BCUT2D eigenvalue weighted by atomic mass is 9.97. The highest BCUT2D eigenvalue weighted by atomic mass is 16.6. The average Bonchev–Trinajstić information content (AvgIpc) is 3.33. The number of hydrogen-bond donors (Lipinski definition) is 0. The van der Waals surface area contributed by atoms with Gasteiger partial charge in [-0.1, -0.05) is 0 Å². The summed E-state index contributed by atoms with van der Waals surface area (Å²) in [6.07, 6.45) is 1.21. The molecule has 1 amide bonds. The second-order valence-corrected chi connectivity index (χ2v) is 5.71. The van der Waals surface area contributed by atoms with Crippen LogP contribution in [0.2, 0.25) is 0 Å². The van der Waals surface area contributed by atoms with Crippen molar-refractivity contribution < 1.29 is 28.8 Å². The van der Waals surface area contributed by atoms with E-state index in [0.29, 0.717) is 32.5 Å². The summed E-state index contributed by atoms with van der Waals surface area (Å²) in [7, 11) is 0. The Morgan fingerprint density at radius 2 is 1.83 bits per heavy atom. The van der Waals surface area contributed by atoms with Crippen LogP contribution in [-0.2, 0) is 23.9 Å². The summed E-state index contributed by atoms with van der Waals surface area (Å²) in [6.45, 7) is 2.47. The van der Waals surface area contributed by atoms with Gasteiger partial charge in [-0.2, -0.15) is 0 Å². The zero-order chi connectivity index (χ0) is 17.0. The minimum atomic E-state index is -0.877. The van der Waals surface area contributed by atoms with Gasteiger partial charge in [0.1, 0.15) is 5.92 Å². The first-order chi connectivity index (χ1) is 10.9. The monoisotopic (exact) mass is 328 g/mol. The third-order valence-corrected chi connectivity index (χ3v) is 4.14. The van der Waals surface area contributed by atoms with Crippen LogP contribution in [-0.4, -0.2) is 60.0 Å². The Labute approximate surface area is 133 Å². The molecule has 0 spiro atoms. The van der Waals surface area contributed by atoms with E-state index < -0.39 is 29.5 Å². The highest BCUT2D eigenvalue weighted by Crippen LogP contribution is 2.34. The molecule has 2 unspecified atom stereocenters. The van der Waals surface area contributed by atoms with E-state index in [9.17, 15) is 24.5 Å². The van der Waals surface area contributed by atoms with Gasteiger partial charge in [-0.15, -0.1) is 0 Å². The Bertz CT molecular complexity index is 499. The molecule has 0 aromatic heterocycles. The number of likely N-dealkylation sites (tertiary alicyclic amines) is 1. The van der Waals surface area contributed by atoms with Crippen LogP contribution in [0.4, 0.5) is 0 Å². The van der Waals surface area contributed by atoms with E-state index in [-0.39, 0.29) is 24.2 Å². The molecule has 0 bridgehead atoms. The summed E-state index contributed by atoms with van der Waals surface area (Å²) in [6, 6.07) is -0.877. The molecule has 0 aromatic rings. The molecule has 1 heterocycles. The molecular formula is C14H20N2O7. The van der Waals surface area contributed by atoms with Crippen molar-refractivity contribution in [3.63, 3.8) is 0 Å². The predicted octanol–water partition coefficient (Wildman–Crippen LogP) is -0.00350. The fourth-order valence-corrected chi connectivity index (χ4v) is 2.62. The molecule has 2 rings (SSSR count). The van der Waals surface area contributed by atoms with Crippen molar-refractivity contribution in [3.05, 3.63) is 10.1 Å². The first-order valence-corrected chi connectivity index (χ1v) is 7.68. The Balaban J connectivity index is 1.68. The maximum absolute atomic E-state index is 12.0. The molecule has 1 saturated heterocycles. The van der Waals surface area contributed by atoms with Crippen LogP contribution in [0.15, 0.2) is 0 Å². The predicted molar refractivity (Wildman–Crippen MR) is 75.8 cm³/mol. The first kappa shape index (κ1) is 17.2. The lowest BCUT2D eigenvalue weighted by molar-refractivity contribution is -0.497. The standard InChI is InChI=1S/C14H20N2O7/c1-2-22-13(18)9-3-5-15(6-4-9)12(17)8-23-14(19)10-7-11(10)16(20)21/h9-11H,2-8H2,1H3. The lowest BCUT2D eigenvalue weighted by Crippen LogP contribution is -2.42. The number of ether oxygens (including phenoxy) is 2. The van der Waals surface area contributed by atoms with Gasteiger partial charge < -0.3 is 14.4 Å². The molecular weight excluding hydrogens is 308 g/mol. The van der Waals surface area contributed by atoms with Gasteiger partial charge in [0.25, 0.3) is 5.91 Å². The number of esters is 2. The zero-order valence-corrected chi connectivity index (χ0v) is 12.9. The van der Waals surface area contributed by atoms with Gasteiger partial charge in [-0.25, -0.2) is 0 Å². The quantitative estimate of drug-likeness (QED) is 0.382. The van der Waals surface area contributed by atoms with Crippen molar-refractivity contribution in [2.75, 3.05) is 26.3 Å². The van der Waals surface area contributed by atoms with Gasteiger partial charge in [0.2, 0.25) is 6.04 Å². The SMILES string of the molecule is CCOC(=O)C1CCN(C(=O)COC(=O)C2CC2[N+](=O)[O-])CC1. The van der Waals surface area contributed by atoms with E-state index in [0.717, 1.165) is 0 Å². The molecule has 2 aliphatic rings. The largest absolute Gasteiger partial charge is 0.466 e. The summed E-state index contributed by atoms with van der Waals surface area (Å²) in [4.78, 5) is 46.6. The smallest absolute Gasteiger partial charge is 0.316 e. The zero-order valence-electron chi connectivity index (χ0n) is 12.9. The van der Waals surface area contributed by atoms with Crippen molar-refractivity contribution in [2.24, 2.45) is 11.8 Å². The second kappa shape index (κ2) is 7.38.